The fraction of sp³-hybridized carbons (Fsp3) is 0.714. The molecule has 0 bridgehead atoms. The highest BCUT2D eigenvalue weighted by Gasteiger charge is 2.32. The SMILES string of the molecule is CCC(C)C(N)C(=O)NC(CC(C)C)C(=O)NC(CC(N)=O)C(=O)NC(CCC(=O)O)C(=O)O. The van der Waals surface area contributed by atoms with E-state index >= 15 is 0 Å². The number of carboxylic acid groups (broad SMARTS) is 2. The molecule has 5 atom stereocenters. The van der Waals surface area contributed by atoms with E-state index in [-0.39, 0.29) is 18.3 Å². The fourth-order valence-corrected chi connectivity index (χ4v) is 2.96. The molecule has 0 aromatic heterocycles. The van der Waals surface area contributed by atoms with E-state index in [1.807, 2.05) is 20.8 Å². The number of aliphatic carboxylic acids is 2. The number of primary amides is 1. The van der Waals surface area contributed by atoms with E-state index in [2.05, 4.69) is 16.0 Å². The summed E-state index contributed by atoms with van der Waals surface area (Å²) in [6, 6.07) is -5.03. The zero-order valence-corrected chi connectivity index (χ0v) is 20.0. The van der Waals surface area contributed by atoms with Gasteiger partial charge in [-0.05, 0) is 24.7 Å². The first-order chi connectivity index (χ1) is 15.7. The molecular weight excluding hydrogens is 450 g/mol. The second kappa shape index (κ2) is 14.8. The number of nitrogens with two attached hydrogens (primary N) is 2. The van der Waals surface area contributed by atoms with Gasteiger partial charge in [-0.15, -0.1) is 0 Å². The Balaban J connectivity index is 5.56. The average molecular weight is 488 g/mol. The van der Waals surface area contributed by atoms with Crippen molar-refractivity contribution in [3.63, 3.8) is 0 Å². The molecule has 13 nitrogen and oxygen atoms in total. The van der Waals surface area contributed by atoms with Crippen molar-refractivity contribution in [1.82, 2.24) is 16.0 Å². The number of rotatable bonds is 16. The minimum absolute atomic E-state index is 0.0355. The summed E-state index contributed by atoms with van der Waals surface area (Å²) >= 11 is 0. The van der Waals surface area contributed by atoms with Crippen molar-refractivity contribution in [2.24, 2.45) is 23.3 Å². The van der Waals surface area contributed by atoms with Crippen LogP contribution in [0.4, 0.5) is 0 Å². The van der Waals surface area contributed by atoms with Crippen LogP contribution >= 0.6 is 0 Å². The molecule has 0 aliphatic heterocycles. The zero-order chi connectivity index (χ0) is 26.6. The first-order valence-corrected chi connectivity index (χ1v) is 11.1. The van der Waals surface area contributed by atoms with Gasteiger partial charge in [0.05, 0.1) is 12.5 Å². The van der Waals surface area contributed by atoms with Crippen LogP contribution in [0.5, 0.6) is 0 Å². The molecule has 0 aliphatic carbocycles. The second-order valence-corrected chi connectivity index (χ2v) is 8.67. The Morgan fingerprint density at radius 1 is 0.824 bits per heavy atom. The molecule has 0 spiro atoms. The van der Waals surface area contributed by atoms with Gasteiger partial charge in [-0.1, -0.05) is 34.1 Å². The van der Waals surface area contributed by atoms with E-state index in [0.717, 1.165) is 0 Å². The van der Waals surface area contributed by atoms with Crippen LogP contribution in [0.2, 0.25) is 0 Å². The lowest BCUT2D eigenvalue weighted by Crippen LogP contribution is -2.58. The number of hydrogen-bond acceptors (Lipinski definition) is 7. The number of amides is 4. The Morgan fingerprint density at radius 3 is 1.76 bits per heavy atom. The van der Waals surface area contributed by atoms with Crippen molar-refractivity contribution >= 4 is 35.6 Å². The molecule has 34 heavy (non-hydrogen) atoms. The Kier molecular flexibility index (Phi) is 13.4. The largest absolute Gasteiger partial charge is 0.481 e. The molecule has 0 saturated heterocycles. The third kappa shape index (κ3) is 11.6. The average Bonchev–Trinajstić information content (AvgIpc) is 2.73. The lowest BCUT2D eigenvalue weighted by molar-refractivity contribution is -0.143. The zero-order valence-electron chi connectivity index (χ0n) is 20.0. The van der Waals surface area contributed by atoms with Gasteiger partial charge in [0.25, 0.3) is 0 Å². The highest BCUT2D eigenvalue weighted by atomic mass is 16.4. The van der Waals surface area contributed by atoms with E-state index in [1.165, 1.54) is 0 Å². The van der Waals surface area contributed by atoms with Gasteiger partial charge in [0, 0.05) is 6.42 Å². The topological polar surface area (TPSA) is 231 Å². The first kappa shape index (κ1) is 30.8. The summed E-state index contributed by atoms with van der Waals surface area (Å²) < 4.78 is 0. The van der Waals surface area contributed by atoms with Crippen LogP contribution in [0.3, 0.4) is 0 Å². The summed E-state index contributed by atoms with van der Waals surface area (Å²) in [6.45, 7) is 7.28. The van der Waals surface area contributed by atoms with Crippen LogP contribution in [-0.4, -0.2) is 69.9 Å². The highest BCUT2D eigenvalue weighted by Crippen LogP contribution is 2.10. The van der Waals surface area contributed by atoms with Crippen LogP contribution in [0.1, 0.15) is 59.8 Å². The van der Waals surface area contributed by atoms with E-state index in [1.54, 1.807) is 6.92 Å². The van der Waals surface area contributed by atoms with Gasteiger partial charge in [-0.2, -0.15) is 0 Å². The molecule has 0 fully saturated rings. The molecule has 9 N–H and O–H groups in total. The molecule has 13 heteroatoms. The van der Waals surface area contributed by atoms with Crippen molar-refractivity contribution in [3.8, 4) is 0 Å². The van der Waals surface area contributed by atoms with E-state index in [4.69, 9.17) is 16.6 Å². The maximum Gasteiger partial charge on any atom is 0.326 e. The summed E-state index contributed by atoms with van der Waals surface area (Å²) in [6.07, 6.45) is -0.733. The van der Waals surface area contributed by atoms with E-state index in [0.29, 0.717) is 6.42 Å². The monoisotopic (exact) mass is 487 g/mol. The Hall–Kier alpha value is -3.22. The third-order valence-electron chi connectivity index (χ3n) is 5.20. The number of carbonyl (C=O) groups is 6. The molecule has 5 unspecified atom stereocenters. The van der Waals surface area contributed by atoms with Crippen LogP contribution in [0.15, 0.2) is 0 Å². The van der Waals surface area contributed by atoms with Gasteiger partial charge in [0.15, 0.2) is 0 Å². The maximum absolute atomic E-state index is 12.9. The number of carbonyl (C=O) groups excluding carboxylic acids is 4. The van der Waals surface area contributed by atoms with Crippen LogP contribution in [0.25, 0.3) is 0 Å². The summed E-state index contributed by atoms with van der Waals surface area (Å²) in [5.41, 5.74) is 11.1. The van der Waals surface area contributed by atoms with Gasteiger partial charge in [-0.3, -0.25) is 24.0 Å². The van der Waals surface area contributed by atoms with E-state index < -0.39 is 79.0 Å². The number of nitrogens with one attached hydrogen (secondary N) is 3. The lowest BCUT2D eigenvalue weighted by atomic mass is 9.97. The van der Waals surface area contributed by atoms with Crippen LogP contribution in [0, 0.1) is 11.8 Å². The molecule has 194 valence electrons. The quantitative estimate of drug-likeness (QED) is 0.137. The van der Waals surface area contributed by atoms with Gasteiger partial charge in [0.2, 0.25) is 23.6 Å². The molecule has 0 radical (unpaired) electrons. The van der Waals surface area contributed by atoms with Gasteiger partial charge < -0.3 is 37.6 Å². The predicted molar refractivity (Wildman–Crippen MR) is 121 cm³/mol. The molecule has 0 rings (SSSR count). The van der Waals surface area contributed by atoms with Crippen LogP contribution < -0.4 is 27.4 Å². The van der Waals surface area contributed by atoms with Gasteiger partial charge in [0.1, 0.15) is 18.1 Å². The fourth-order valence-electron chi connectivity index (χ4n) is 2.96. The molecule has 0 aromatic carbocycles. The Bertz CT molecular complexity index is 757. The Labute approximate surface area is 198 Å². The van der Waals surface area contributed by atoms with Crippen molar-refractivity contribution in [3.05, 3.63) is 0 Å². The molecule has 0 aliphatic rings. The van der Waals surface area contributed by atoms with Crippen molar-refractivity contribution in [2.45, 2.75) is 84.0 Å². The van der Waals surface area contributed by atoms with Crippen molar-refractivity contribution in [2.75, 3.05) is 0 Å². The summed E-state index contributed by atoms with van der Waals surface area (Å²) in [7, 11) is 0. The summed E-state index contributed by atoms with van der Waals surface area (Å²) in [5, 5.41) is 25.0. The van der Waals surface area contributed by atoms with Crippen molar-refractivity contribution < 1.29 is 39.0 Å². The minimum Gasteiger partial charge on any atom is -0.481 e. The maximum atomic E-state index is 12.9. The summed E-state index contributed by atoms with van der Waals surface area (Å²) in [4.78, 5) is 71.6. The van der Waals surface area contributed by atoms with Crippen molar-refractivity contribution in [1.29, 1.82) is 0 Å². The molecule has 0 saturated carbocycles. The van der Waals surface area contributed by atoms with Gasteiger partial charge in [-0.25, -0.2) is 4.79 Å². The smallest absolute Gasteiger partial charge is 0.326 e. The number of hydrogen-bond donors (Lipinski definition) is 7. The Morgan fingerprint density at radius 2 is 1.32 bits per heavy atom. The predicted octanol–water partition coefficient (Wildman–Crippen LogP) is -1.31. The van der Waals surface area contributed by atoms with Crippen LogP contribution in [-0.2, 0) is 28.8 Å². The highest BCUT2D eigenvalue weighted by molar-refractivity contribution is 5.96. The lowest BCUT2D eigenvalue weighted by Gasteiger charge is -2.26. The normalized spacial score (nSPS) is 15.4. The van der Waals surface area contributed by atoms with Gasteiger partial charge >= 0.3 is 11.9 Å². The van der Waals surface area contributed by atoms with E-state index in [9.17, 15) is 33.9 Å². The molecule has 0 aromatic rings. The number of carboxylic acids is 2. The molecule has 4 amide bonds. The first-order valence-electron chi connectivity index (χ1n) is 11.1. The summed E-state index contributed by atoms with van der Waals surface area (Å²) in [5.74, 6) is -6.23. The molecular formula is C21H37N5O8. The second-order valence-electron chi connectivity index (χ2n) is 8.67. The standard InChI is InChI=1S/C21H37N5O8/c1-5-11(4)17(23)20(32)26-13(8-10(2)3)18(30)25-14(9-15(22)27)19(31)24-12(21(33)34)6-7-16(28)29/h10-14,17H,5-9,23H2,1-4H3,(H2,22,27)(H,24,31)(H,25,30)(H,26,32)(H,28,29)(H,33,34). The minimum atomic E-state index is -1.56. The third-order valence-corrected chi connectivity index (χ3v) is 5.20. The molecule has 0 heterocycles.